The van der Waals surface area contributed by atoms with Crippen molar-refractivity contribution < 1.29 is 4.79 Å². The number of carbonyl (C=O) groups excluding carboxylic acids is 1. The Labute approximate surface area is 119 Å². The van der Waals surface area contributed by atoms with Gasteiger partial charge >= 0.3 is 0 Å². The predicted octanol–water partition coefficient (Wildman–Crippen LogP) is 3.23. The summed E-state index contributed by atoms with van der Waals surface area (Å²) in [5.74, 6) is -0.0494. The molecule has 1 aromatic carbocycles. The van der Waals surface area contributed by atoms with E-state index < -0.39 is 0 Å². The van der Waals surface area contributed by atoms with Gasteiger partial charge in [0.15, 0.2) is 0 Å². The number of anilines is 1. The molecule has 0 aliphatic rings. The number of allylic oxidation sites excluding steroid dienone is 1. The van der Waals surface area contributed by atoms with Gasteiger partial charge in [-0.2, -0.15) is 0 Å². The van der Waals surface area contributed by atoms with E-state index in [2.05, 4.69) is 10.3 Å². The lowest BCUT2D eigenvalue weighted by Crippen LogP contribution is -2.12. The van der Waals surface area contributed by atoms with E-state index in [1.165, 1.54) is 0 Å². The number of hydrogen-bond donors (Lipinski definition) is 1. The Morgan fingerprint density at radius 1 is 1.45 bits per heavy atom. The number of hydrogen-bond acceptors (Lipinski definition) is 2. The third-order valence-corrected chi connectivity index (χ3v) is 2.98. The molecule has 0 bridgehead atoms. The Morgan fingerprint density at radius 3 is 3.00 bits per heavy atom. The number of nitrogens with one attached hydrogen (secondary N) is 1. The third-order valence-electron chi connectivity index (χ3n) is 2.98. The highest BCUT2D eigenvalue weighted by atomic mass is 16.1. The molecule has 0 atom stereocenters. The fourth-order valence-corrected chi connectivity index (χ4v) is 1.97. The van der Waals surface area contributed by atoms with Crippen molar-refractivity contribution >= 4 is 11.6 Å². The fourth-order valence-electron chi connectivity index (χ4n) is 1.97. The molecule has 0 saturated heterocycles. The first-order chi connectivity index (χ1) is 9.69. The second-order valence-corrected chi connectivity index (χ2v) is 4.68. The van der Waals surface area contributed by atoms with Crippen LogP contribution in [0.1, 0.15) is 25.8 Å². The lowest BCUT2D eigenvalue weighted by molar-refractivity contribution is -0.112. The van der Waals surface area contributed by atoms with Crippen LogP contribution in [0.15, 0.2) is 54.6 Å². The molecule has 104 valence electrons. The van der Waals surface area contributed by atoms with Crippen molar-refractivity contribution in [2.45, 2.75) is 26.8 Å². The predicted molar refractivity (Wildman–Crippen MR) is 80.4 cm³/mol. The summed E-state index contributed by atoms with van der Waals surface area (Å²) in [6, 6.07) is 7.86. The summed E-state index contributed by atoms with van der Waals surface area (Å²) in [5.41, 5.74) is 2.68. The van der Waals surface area contributed by atoms with Gasteiger partial charge in [0, 0.05) is 30.2 Å². The lowest BCUT2D eigenvalue weighted by Gasteiger charge is -2.08. The molecule has 4 heteroatoms. The molecule has 1 amide bonds. The number of nitrogens with zero attached hydrogens (tertiary/aromatic N) is 2. The van der Waals surface area contributed by atoms with Crippen LogP contribution < -0.4 is 5.32 Å². The van der Waals surface area contributed by atoms with Gasteiger partial charge in [-0.05, 0) is 31.0 Å². The van der Waals surface area contributed by atoms with E-state index in [0.29, 0.717) is 0 Å². The van der Waals surface area contributed by atoms with Gasteiger partial charge < -0.3 is 9.88 Å². The highest BCUT2D eigenvalue weighted by molar-refractivity contribution is 6.03. The van der Waals surface area contributed by atoms with Crippen molar-refractivity contribution in [2.24, 2.45) is 0 Å². The maximum Gasteiger partial charge on any atom is 0.250 e. The number of aromatic nitrogens is 2. The van der Waals surface area contributed by atoms with E-state index >= 15 is 0 Å². The molecular formula is C16H19N3O. The first kappa shape index (κ1) is 14.1. The van der Waals surface area contributed by atoms with Gasteiger partial charge in [-0.1, -0.05) is 25.1 Å². The van der Waals surface area contributed by atoms with Crippen LogP contribution in [0.25, 0.3) is 0 Å². The van der Waals surface area contributed by atoms with Crippen LogP contribution in [0.4, 0.5) is 5.69 Å². The summed E-state index contributed by atoms with van der Waals surface area (Å²) in [6.45, 7) is 4.59. The van der Waals surface area contributed by atoms with Crippen molar-refractivity contribution in [2.75, 3.05) is 5.32 Å². The van der Waals surface area contributed by atoms with Gasteiger partial charge in [-0.15, -0.1) is 0 Å². The van der Waals surface area contributed by atoms with E-state index in [1.807, 2.05) is 55.0 Å². The quantitative estimate of drug-likeness (QED) is 0.847. The minimum atomic E-state index is -0.0494. The van der Waals surface area contributed by atoms with Crippen LogP contribution >= 0.6 is 0 Å². The van der Waals surface area contributed by atoms with Gasteiger partial charge in [0.25, 0.3) is 5.91 Å². The van der Waals surface area contributed by atoms with E-state index in [9.17, 15) is 4.79 Å². The van der Waals surface area contributed by atoms with Crippen LogP contribution in [-0.2, 0) is 11.3 Å². The maximum absolute atomic E-state index is 11.9. The summed E-state index contributed by atoms with van der Waals surface area (Å²) in [7, 11) is 0. The molecule has 0 saturated carbocycles. The van der Waals surface area contributed by atoms with E-state index in [1.54, 1.807) is 12.5 Å². The Balaban J connectivity index is 2.06. The third kappa shape index (κ3) is 3.82. The molecule has 2 rings (SSSR count). The molecule has 0 spiro atoms. The largest absolute Gasteiger partial charge is 0.333 e. The standard InChI is InChI=1S/C16H19N3O/c1-3-5-13(2)16(20)18-15-7-4-6-14(10-15)11-19-9-8-17-12-19/h4-10,12H,3,11H2,1-2H3,(H,18,20)/b13-5-. The normalized spacial score (nSPS) is 11.4. The van der Waals surface area contributed by atoms with Crippen LogP contribution in [0.3, 0.4) is 0 Å². The zero-order valence-electron chi connectivity index (χ0n) is 11.8. The minimum Gasteiger partial charge on any atom is -0.333 e. The van der Waals surface area contributed by atoms with Crippen LogP contribution in [0.2, 0.25) is 0 Å². The molecule has 0 aliphatic carbocycles. The van der Waals surface area contributed by atoms with E-state index in [0.717, 1.165) is 29.8 Å². The lowest BCUT2D eigenvalue weighted by atomic mass is 10.2. The smallest absolute Gasteiger partial charge is 0.250 e. The Hall–Kier alpha value is -2.36. The number of benzene rings is 1. The summed E-state index contributed by atoms with van der Waals surface area (Å²) >= 11 is 0. The zero-order chi connectivity index (χ0) is 14.4. The first-order valence-electron chi connectivity index (χ1n) is 6.72. The molecule has 0 unspecified atom stereocenters. The van der Waals surface area contributed by atoms with Crippen molar-refractivity contribution in [1.82, 2.24) is 9.55 Å². The van der Waals surface area contributed by atoms with Crippen molar-refractivity contribution in [1.29, 1.82) is 0 Å². The maximum atomic E-state index is 11.9. The molecule has 1 heterocycles. The SMILES string of the molecule is CC/C=C(/C)C(=O)Nc1cccc(Cn2ccnc2)c1. The van der Waals surface area contributed by atoms with Crippen molar-refractivity contribution in [3.8, 4) is 0 Å². The number of amides is 1. The van der Waals surface area contributed by atoms with Gasteiger partial charge in [0.1, 0.15) is 0 Å². The van der Waals surface area contributed by atoms with Crippen molar-refractivity contribution in [3.63, 3.8) is 0 Å². The number of carbonyl (C=O) groups is 1. The summed E-state index contributed by atoms with van der Waals surface area (Å²) in [4.78, 5) is 16.0. The van der Waals surface area contributed by atoms with Gasteiger partial charge in [0.05, 0.1) is 6.33 Å². The molecule has 2 aromatic rings. The van der Waals surface area contributed by atoms with Crippen LogP contribution in [-0.4, -0.2) is 15.5 Å². The molecule has 0 fully saturated rings. The van der Waals surface area contributed by atoms with E-state index in [4.69, 9.17) is 0 Å². The van der Waals surface area contributed by atoms with Gasteiger partial charge in [-0.3, -0.25) is 4.79 Å². The summed E-state index contributed by atoms with van der Waals surface area (Å²) in [5, 5.41) is 2.91. The molecule has 20 heavy (non-hydrogen) atoms. The average Bonchev–Trinajstić information content (AvgIpc) is 2.92. The number of imidazole rings is 1. The second-order valence-electron chi connectivity index (χ2n) is 4.68. The Bertz CT molecular complexity index is 600. The summed E-state index contributed by atoms with van der Waals surface area (Å²) < 4.78 is 1.99. The first-order valence-corrected chi connectivity index (χ1v) is 6.72. The topological polar surface area (TPSA) is 46.9 Å². The highest BCUT2D eigenvalue weighted by Crippen LogP contribution is 2.13. The molecule has 0 radical (unpaired) electrons. The van der Waals surface area contributed by atoms with Gasteiger partial charge in [-0.25, -0.2) is 4.98 Å². The fraction of sp³-hybridized carbons (Fsp3) is 0.250. The average molecular weight is 269 g/mol. The van der Waals surface area contributed by atoms with Crippen molar-refractivity contribution in [3.05, 3.63) is 60.2 Å². The highest BCUT2D eigenvalue weighted by Gasteiger charge is 2.04. The summed E-state index contributed by atoms with van der Waals surface area (Å²) in [6.07, 6.45) is 8.23. The molecule has 1 aromatic heterocycles. The molecule has 1 N–H and O–H groups in total. The van der Waals surface area contributed by atoms with E-state index in [-0.39, 0.29) is 5.91 Å². The zero-order valence-corrected chi connectivity index (χ0v) is 11.8. The second kappa shape index (κ2) is 6.70. The number of rotatable bonds is 5. The Kier molecular flexibility index (Phi) is 4.71. The molecular weight excluding hydrogens is 250 g/mol. The van der Waals surface area contributed by atoms with Gasteiger partial charge in [0.2, 0.25) is 0 Å². The van der Waals surface area contributed by atoms with Crippen LogP contribution in [0, 0.1) is 0 Å². The molecule has 4 nitrogen and oxygen atoms in total. The Morgan fingerprint density at radius 2 is 2.30 bits per heavy atom. The monoisotopic (exact) mass is 269 g/mol. The molecule has 0 aliphatic heterocycles. The minimum absolute atomic E-state index is 0.0494. The van der Waals surface area contributed by atoms with Crippen LogP contribution in [0.5, 0.6) is 0 Å².